The van der Waals surface area contributed by atoms with Gasteiger partial charge in [-0.15, -0.1) is 11.3 Å². The number of nitrogens with one attached hydrogen (secondary N) is 1. The molecule has 0 saturated heterocycles. The van der Waals surface area contributed by atoms with Crippen LogP contribution in [0.5, 0.6) is 0 Å². The van der Waals surface area contributed by atoms with Crippen LogP contribution in [-0.4, -0.2) is 13.1 Å². The average molecular weight is 296 g/mol. The normalized spacial score (nSPS) is 10.3. The molecule has 0 saturated carbocycles. The number of benzene rings is 1. The van der Waals surface area contributed by atoms with Crippen molar-refractivity contribution >= 4 is 40.3 Å². The molecule has 100 valence electrons. The lowest BCUT2D eigenvalue weighted by Crippen LogP contribution is -2.05. The van der Waals surface area contributed by atoms with Gasteiger partial charge in [-0.1, -0.05) is 23.7 Å². The van der Waals surface area contributed by atoms with Crippen LogP contribution in [0.15, 0.2) is 29.0 Å². The molecule has 0 aliphatic carbocycles. The predicted molar refractivity (Wildman–Crippen MR) is 79.5 cm³/mol. The summed E-state index contributed by atoms with van der Waals surface area (Å²) in [5.74, 6) is -0.252. The van der Waals surface area contributed by atoms with E-state index in [1.807, 2.05) is 35.9 Å². The quantitative estimate of drug-likeness (QED) is 0.860. The van der Waals surface area contributed by atoms with Crippen LogP contribution in [0.2, 0.25) is 5.02 Å². The Hall–Kier alpha value is -1.52. The van der Waals surface area contributed by atoms with Crippen LogP contribution in [0.25, 0.3) is 0 Å². The Bertz CT molecular complexity index is 575. The Morgan fingerprint density at radius 1 is 1.42 bits per heavy atom. The number of halogens is 1. The monoisotopic (exact) mass is 295 g/mol. The fourth-order valence-electron chi connectivity index (χ4n) is 1.72. The summed E-state index contributed by atoms with van der Waals surface area (Å²) in [6.45, 7) is 1.99. The molecule has 1 aromatic heterocycles. The van der Waals surface area contributed by atoms with Gasteiger partial charge in [-0.2, -0.15) is 0 Å². The predicted octanol–water partition coefficient (Wildman–Crippen LogP) is 4.17. The number of hydrogen-bond acceptors (Lipinski definition) is 4. The number of rotatable bonds is 4. The zero-order chi connectivity index (χ0) is 13.8. The van der Waals surface area contributed by atoms with Crippen molar-refractivity contribution in [3.63, 3.8) is 0 Å². The lowest BCUT2D eigenvalue weighted by molar-refractivity contribution is -0.139. The highest BCUT2D eigenvalue weighted by Crippen LogP contribution is 2.32. The van der Waals surface area contributed by atoms with Gasteiger partial charge < -0.3 is 10.1 Å². The van der Waals surface area contributed by atoms with Crippen molar-refractivity contribution in [2.24, 2.45) is 0 Å². The first kappa shape index (κ1) is 13.9. The van der Waals surface area contributed by atoms with Crippen LogP contribution in [0.1, 0.15) is 11.1 Å². The van der Waals surface area contributed by atoms with Gasteiger partial charge in [0.15, 0.2) is 0 Å². The highest BCUT2D eigenvalue weighted by Gasteiger charge is 2.11. The molecule has 0 spiro atoms. The summed E-state index contributed by atoms with van der Waals surface area (Å²) in [7, 11) is 1.39. The number of ether oxygens (including phenoxy) is 1. The number of methoxy groups -OCH3 is 1. The van der Waals surface area contributed by atoms with E-state index in [0.717, 1.165) is 22.5 Å². The van der Waals surface area contributed by atoms with E-state index < -0.39 is 0 Å². The minimum Gasteiger partial charge on any atom is -0.469 e. The number of aryl methyl sites for hydroxylation is 1. The highest BCUT2D eigenvalue weighted by atomic mass is 35.5. The Morgan fingerprint density at radius 3 is 2.89 bits per heavy atom. The van der Waals surface area contributed by atoms with Crippen LogP contribution < -0.4 is 5.32 Å². The van der Waals surface area contributed by atoms with E-state index >= 15 is 0 Å². The molecule has 3 nitrogen and oxygen atoms in total. The third kappa shape index (κ3) is 3.28. The smallest absolute Gasteiger partial charge is 0.310 e. The lowest BCUT2D eigenvalue weighted by atomic mass is 10.1. The van der Waals surface area contributed by atoms with E-state index in [1.54, 1.807) is 0 Å². The molecule has 5 heteroatoms. The SMILES string of the molecule is COC(=O)Cc1cscc1Nc1c(C)cccc1Cl. The summed E-state index contributed by atoms with van der Waals surface area (Å²) in [6, 6.07) is 5.73. The first-order valence-electron chi connectivity index (χ1n) is 5.76. The molecular formula is C14H14ClNO2S. The van der Waals surface area contributed by atoms with Crippen molar-refractivity contribution in [3.05, 3.63) is 45.1 Å². The number of esters is 1. The molecule has 19 heavy (non-hydrogen) atoms. The third-order valence-corrected chi connectivity index (χ3v) is 3.89. The van der Waals surface area contributed by atoms with E-state index in [-0.39, 0.29) is 12.4 Å². The van der Waals surface area contributed by atoms with Crippen LogP contribution in [0.4, 0.5) is 11.4 Å². The minimum absolute atomic E-state index is 0.252. The Morgan fingerprint density at radius 2 is 2.21 bits per heavy atom. The number of thiophene rings is 1. The third-order valence-electron chi connectivity index (χ3n) is 2.79. The molecule has 1 heterocycles. The fraction of sp³-hybridized carbons (Fsp3) is 0.214. The van der Waals surface area contributed by atoms with Gasteiger partial charge in [-0.25, -0.2) is 0 Å². The molecule has 1 aromatic carbocycles. The molecule has 0 unspecified atom stereocenters. The molecule has 2 aromatic rings. The highest BCUT2D eigenvalue weighted by molar-refractivity contribution is 7.08. The van der Waals surface area contributed by atoms with Crippen LogP contribution in [-0.2, 0) is 16.0 Å². The largest absolute Gasteiger partial charge is 0.469 e. The van der Waals surface area contributed by atoms with Crippen molar-refractivity contribution in [1.82, 2.24) is 0 Å². The number of anilines is 2. The number of carbonyl (C=O) groups excluding carboxylic acids is 1. The lowest BCUT2D eigenvalue weighted by Gasteiger charge is -2.11. The van der Waals surface area contributed by atoms with Crippen molar-refractivity contribution in [3.8, 4) is 0 Å². The molecule has 0 amide bonds. The average Bonchev–Trinajstić information content (AvgIpc) is 2.81. The molecule has 0 radical (unpaired) electrons. The second kappa shape index (κ2) is 6.08. The Labute approximate surface area is 121 Å². The van der Waals surface area contributed by atoms with Crippen LogP contribution in [0, 0.1) is 6.92 Å². The Kier molecular flexibility index (Phi) is 4.45. The zero-order valence-corrected chi connectivity index (χ0v) is 12.3. The van der Waals surface area contributed by atoms with Gasteiger partial charge >= 0.3 is 5.97 Å². The molecule has 0 aliphatic rings. The van der Waals surface area contributed by atoms with E-state index in [9.17, 15) is 4.79 Å². The first-order chi connectivity index (χ1) is 9.11. The van der Waals surface area contributed by atoms with E-state index in [2.05, 4.69) is 10.1 Å². The molecule has 2 rings (SSSR count). The maximum absolute atomic E-state index is 11.3. The molecular weight excluding hydrogens is 282 g/mol. The summed E-state index contributed by atoms with van der Waals surface area (Å²) in [5, 5.41) is 7.85. The summed E-state index contributed by atoms with van der Waals surface area (Å²) in [4.78, 5) is 11.3. The maximum atomic E-state index is 11.3. The topological polar surface area (TPSA) is 38.3 Å². The van der Waals surface area contributed by atoms with Gasteiger partial charge in [0.2, 0.25) is 0 Å². The van der Waals surface area contributed by atoms with E-state index in [1.165, 1.54) is 18.4 Å². The molecule has 0 atom stereocenters. The first-order valence-corrected chi connectivity index (χ1v) is 7.08. The van der Waals surface area contributed by atoms with Crippen molar-refractivity contribution in [1.29, 1.82) is 0 Å². The van der Waals surface area contributed by atoms with Crippen molar-refractivity contribution in [2.75, 3.05) is 12.4 Å². The second-order valence-corrected chi connectivity index (χ2v) is 5.27. The van der Waals surface area contributed by atoms with E-state index in [0.29, 0.717) is 5.02 Å². The van der Waals surface area contributed by atoms with Crippen LogP contribution in [0.3, 0.4) is 0 Å². The summed E-state index contributed by atoms with van der Waals surface area (Å²) < 4.78 is 4.69. The van der Waals surface area contributed by atoms with Crippen LogP contribution >= 0.6 is 22.9 Å². The summed E-state index contributed by atoms with van der Waals surface area (Å²) in [6.07, 6.45) is 0.256. The Balaban J connectivity index is 2.24. The number of carbonyl (C=O) groups is 1. The van der Waals surface area contributed by atoms with Crippen molar-refractivity contribution in [2.45, 2.75) is 13.3 Å². The number of hydrogen-bond donors (Lipinski definition) is 1. The van der Waals surface area contributed by atoms with Gasteiger partial charge in [0, 0.05) is 5.38 Å². The zero-order valence-electron chi connectivity index (χ0n) is 10.7. The maximum Gasteiger partial charge on any atom is 0.310 e. The summed E-state index contributed by atoms with van der Waals surface area (Å²) >= 11 is 7.72. The van der Waals surface area contributed by atoms with Gasteiger partial charge in [0.1, 0.15) is 0 Å². The van der Waals surface area contributed by atoms with Gasteiger partial charge in [0.25, 0.3) is 0 Å². The second-order valence-electron chi connectivity index (χ2n) is 4.12. The summed E-state index contributed by atoms with van der Waals surface area (Å²) in [5.41, 5.74) is 3.74. The standard InChI is InChI=1S/C14H14ClNO2S/c1-9-4-3-5-11(15)14(9)16-12-8-19-7-10(12)6-13(17)18-2/h3-5,7-8,16H,6H2,1-2H3. The van der Waals surface area contributed by atoms with Gasteiger partial charge in [0.05, 0.1) is 29.9 Å². The molecule has 1 N–H and O–H groups in total. The number of para-hydroxylation sites is 1. The van der Waals surface area contributed by atoms with E-state index in [4.69, 9.17) is 11.6 Å². The molecule has 0 aliphatic heterocycles. The van der Waals surface area contributed by atoms with Gasteiger partial charge in [-0.3, -0.25) is 4.79 Å². The van der Waals surface area contributed by atoms with Crippen molar-refractivity contribution < 1.29 is 9.53 Å². The molecule has 0 bridgehead atoms. The van der Waals surface area contributed by atoms with Gasteiger partial charge in [-0.05, 0) is 29.5 Å². The molecule has 0 fully saturated rings. The minimum atomic E-state index is -0.252. The fourth-order valence-corrected chi connectivity index (χ4v) is 2.78.